The van der Waals surface area contributed by atoms with Crippen molar-refractivity contribution in [1.82, 2.24) is 9.78 Å². The van der Waals surface area contributed by atoms with E-state index in [0.29, 0.717) is 29.2 Å². The van der Waals surface area contributed by atoms with Crippen LogP contribution in [-0.2, 0) is 13.2 Å². The van der Waals surface area contributed by atoms with Gasteiger partial charge in [-0.2, -0.15) is 5.10 Å². The highest BCUT2D eigenvalue weighted by Gasteiger charge is 2.17. The second kappa shape index (κ2) is 6.22. The molecule has 0 amide bonds. The van der Waals surface area contributed by atoms with Crippen molar-refractivity contribution in [2.45, 2.75) is 27.0 Å². The number of halogens is 3. The van der Waals surface area contributed by atoms with Crippen LogP contribution in [0.2, 0.25) is 5.02 Å². The van der Waals surface area contributed by atoms with Gasteiger partial charge in [0.1, 0.15) is 12.9 Å². The van der Waals surface area contributed by atoms with E-state index in [2.05, 4.69) is 5.10 Å². The predicted octanol–water partition coefficient (Wildman–Crippen LogP) is 3.53. The first kappa shape index (κ1) is 15.4. The first-order valence-electron chi connectivity index (χ1n) is 6.26. The predicted molar refractivity (Wildman–Crippen MR) is 73.7 cm³/mol. The van der Waals surface area contributed by atoms with Crippen molar-refractivity contribution in [3.05, 3.63) is 45.7 Å². The van der Waals surface area contributed by atoms with Gasteiger partial charge in [-0.1, -0.05) is 11.6 Å². The summed E-state index contributed by atoms with van der Waals surface area (Å²) < 4.78 is 34.2. The van der Waals surface area contributed by atoms with Gasteiger partial charge in [0, 0.05) is 12.1 Å². The first-order chi connectivity index (χ1) is 9.97. The number of nitrogens with zero attached hydrogens (tertiary/aromatic N) is 2. The van der Waals surface area contributed by atoms with Crippen molar-refractivity contribution in [3.63, 3.8) is 0 Å². The van der Waals surface area contributed by atoms with Crippen molar-refractivity contribution >= 4 is 17.9 Å². The zero-order chi connectivity index (χ0) is 15.6. The third-order valence-corrected chi connectivity index (χ3v) is 3.45. The quantitative estimate of drug-likeness (QED) is 0.793. The molecule has 0 N–H and O–H groups in total. The van der Waals surface area contributed by atoms with E-state index >= 15 is 0 Å². The molecule has 0 radical (unpaired) electrons. The molecule has 112 valence electrons. The summed E-state index contributed by atoms with van der Waals surface area (Å²) in [6, 6.07) is 1.82. The summed E-state index contributed by atoms with van der Waals surface area (Å²) in [6.07, 6.45) is 0.363. The van der Waals surface area contributed by atoms with Crippen LogP contribution in [-0.4, -0.2) is 16.1 Å². The van der Waals surface area contributed by atoms with Gasteiger partial charge in [-0.05, 0) is 26.0 Å². The average Bonchev–Trinajstić information content (AvgIpc) is 2.73. The summed E-state index contributed by atoms with van der Waals surface area (Å²) in [5.74, 6) is -2.42. The lowest BCUT2D eigenvalue weighted by Crippen LogP contribution is -2.08. The lowest BCUT2D eigenvalue weighted by Gasteiger charge is -2.10. The summed E-state index contributed by atoms with van der Waals surface area (Å²) in [5.41, 5.74) is 1.06. The number of ether oxygens (including phenoxy) is 1. The number of aromatic nitrogens is 2. The molecule has 1 aromatic heterocycles. The molecule has 0 atom stereocenters. The van der Waals surface area contributed by atoms with Crippen LogP contribution < -0.4 is 4.74 Å². The molecule has 1 heterocycles. The maximum Gasteiger partial charge on any atom is 0.191 e. The number of benzene rings is 1. The first-order valence-corrected chi connectivity index (χ1v) is 6.64. The summed E-state index contributed by atoms with van der Waals surface area (Å²) in [7, 11) is 0. The van der Waals surface area contributed by atoms with Gasteiger partial charge in [0.05, 0.1) is 16.4 Å². The van der Waals surface area contributed by atoms with Crippen LogP contribution in [0.5, 0.6) is 5.75 Å². The molecule has 2 aromatic rings. The van der Waals surface area contributed by atoms with Crippen LogP contribution in [0.4, 0.5) is 8.78 Å². The van der Waals surface area contributed by atoms with Crippen LogP contribution >= 0.6 is 11.6 Å². The molecule has 0 spiro atoms. The molecule has 0 unspecified atom stereocenters. The van der Waals surface area contributed by atoms with Crippen LogP contribution in [0.25, 0.3) is 0 Å². The molecule has 4 nitrogen and oxygen atoms in total. The molecule has 0 aliphatic carbocycles. The molecule has 21 heavy (non-hydrogen) atoms. The SMILES string of the molecule is CCn1nc(C)c(Cl)c1COc1c(F)cc(C=O)cc1F. The van der Waals surface area contributed by atoms with Crippen LogP contribution in [0.3, 0.4) is 0 Å². The van der Waals surface area contributed by atoms with Gasteiger partial charge in [-0.25, -0.2) is 8.78 Å². The monoisotopic (exact) mass is 314 g/mol. The molecule has 0 saturated carbocycles. The van der Waals surface area contributed by atoms with E-state index in [-0.39, 0.29) is 12.2 Å². The Morgan fingerprint density at radius 2 is 2.00 bits per heavy atom. The van der Waals surface area contributed by atoms with Crippen LogP contribution in [0, 0.1) is 18.6 Å². The van der Waals surface area contributed by atoms with E-state index < -0.39 is 17.4 Å². The Bertz CT molecular complexity index is 663. The van der Waals surface area contributed by atoms with E-state index in [1.807, 2.05) is 6.92 Å². The maximum atomic E-state index is 13.7. The highest BCUT2D eigenvalue weighted by molar-refractivity contribution is 6.31. The Kier molecular flexibility index (Phi) is 4.57. The minimum absolute atomic E-state index is 0.0928. The largest absolute Gasteiger partial charge is 0.481 e. The third-order valence-electron chi connectivity index (χ3n) is 2.96. The van der Waals surface area contributed by atoms with E-state index in [9.17, 15) is 13.6 Å². The van der Waals surface area contributed by atoms with Crippen molar-refractivity contribution in [3.8, 4) is 5.75 Å². The van der Waals surface area contributed by atoms with Crippen molar-refractivity contribution < 1.29 is 18.3 Å². The minimum atomic E-state index is -0.937. The molecule has 0 aliphatic heterocycles. The Morgan fingerprint density at radius 1 is 1.38 bits per heavy atom. The zero-order valence-electron chi connectivity index (χ0n) is 11.5. The Balaban J connectivity index is 2.27. The molecule has 1 aromatic carbocycles. The number of rotatable bonds is 5. The summed E-state index contributed by atoms with van der Waals surface area (Å²) in [6.45, 7) is 4.04. The number of carbonyl (C=O) groups is 1. The lowest BCUT2D eigenvalue weighted by atomic mass is 10.2. The number of aldehydes is 1. The average molecular weight is 315 g/mol. The molecular formula is C14H13ClF2N2O2. The topological polar surface area (TPSA) is 44.1 Å². The molecular weight excluding hydrogens is 302 g/mol. The van der Waals surface area contributed by atoms with Gasteiger partial charge in [0.15, 0.2) is 17.4 Å². The highest BCUT2D eigenvalue weighted by atomic mass is 35.5. The van der Waals surface area contributed by atoms with Gasteiger partial charge in [-0.3, -0.25) is 9.48 Å². The fourth-order valence-corrected chi connectivity index (χ4v) is 2.12. The maximum absolute atomic E-state index is 13.7. The summed E-state index contributed by atoms with van der Waals surface area (Å²) >= 11 is 6.09. The van der Waals surface area contributed by atoms with Gasteiger partial charge >= 0.3 is 0 Å². The van der Waals surface area contributed by atoms with E-state index in [0.717, 1.165) is 12.1 Å². The van der Waals surface area contributed by atoms with Gasteiger partial charge < -0.3 is 4.74 Å². The number of carbonyl (C=O) groups excluding carboxylic acids is 1. The molecule has 2 rings (SSSR count). The van der Waals surface area contributed by atoms with Crippen LogP contribution in [0.15, 0.2) is 12.1 Å². The fraction of sp³-hybridized carbons (Fsp3) is 0.286. The number of aryl methyl sites for hydroxylation is 2. The fourth-order valence-electron chi connectivity index (χ4n) is 1.93. The molecule has 0 aliphatic rings. The number of hydrogen-bond donors (Lipinski definition) is 0. The lowest BCUT2D eigenvalue weighted by molar-refractivity contribution is 0.112. The van der Waals surface area contributed by atoms with Gasteiger partial charge in [0.2, 0.25) is 0 Å². The zero-order valence-corrected chi connectivity index (χ0v) is 12.2. The Morgan fingerprint density at radius 3 is 2.52 bits per heavy atom. The van der Waals surface area contributed by atoms with Crippen LogP contribution in [0.1, 0.15) is 28.7 Å². The Hall–Kier alpha value is -1.95. The minimum Gasteiger partial charge on any atom is -0.481 e. The summed E-state index contributed by atoms with van der Waals surface area (Å²) in [4.78, 5) is 10.5. The standard InChI is InChI=1S/C14H13ClF2N2O2/c1-3-19-12(13(15)8(2)18-19)7-21-14-10(16)4-9(6-20)5-11(14)17/h4-6H,3,7H2,1-2H3. The Labute approximate surface area is 125 Å². The second-order valence-electron chi connectivity index (χ2n) is 4.38. The number of hydrogen-bond acceptors (Lipinski definition) is 3. The van der Waals surface area contributed by atoms with Gasteiger partial charge in [-0.15, -0.1) is 0 Å². The van der Waals surface area contributed by atoms with E-state index in [1.165, 1.54) is 0 Å². The smallest absolute Gasteiger partial charge is 0.191 e. The molecule has 0 saturated heterocycles. The van der Waals surface area contributed by atoms with Crippen molar-refractivity contribution in [1.29, 1.82) is 0 Å². The molecule has 0 fully saturated rings. The van der Waals surface area contributed by atoms with E-state index in [4.69, 9.17) is 16.3 Å². The highest BCUT2D eigenvalue weighted by Crippen LogP contribution is 2.26. The summed E-state index contributed by atoms with van der Waals surface area (Å²) in [5, 5.41) is 4.59. The van der Waals surface area contributed by atoms with Crippen molar-refractivity contribution in [2.75, 3.05) is 0 Å². The van der Waals surface area contributed by atoms with Crippen molar-refractivity contribution in [2.24, 2.45) is 0 Å². The molecule has 7 heteroatoms. The second-order valence-corrected chi connectivity index (χ2v) is 4.76. The van der Waals surface area contributed by atoms with Gasteiger partial charge in [0.25, 0.3) is 0 Å². The third kappa shape index (κ3) is 3.05. The van der Waals surface area contributed by atoms with E-state index in [1.54, 1.807) is 11.6 Å². The molecule has 0 bridgehead atoms. The normalized spacial score (nSPS) is 10.7.